The van der Waals surface area contributed by atoms with Crippen LogP contribution >= 0.6 is 11.6 Å². The zero-order valence-corrected chi connectivity index (χ0v) is 17.0. The molecule has 1 atom stereocenters. The normalized spacial score (nSPS) is 15.0. The van der Waals surface area contributed by atoms with Gasteiger partial charge >= 0.3 is 0 Å². The second-order valence-corrected chi connectivity index (χ2v) is 7.56. The molecular weight excluding hydrogens is 404 g/mol. The highest BCUT2D eigenvalue weighted by atomic mass is 35.5. The van der Waals surface area contributed by atoms with Crippen molar-refractivity contribution in [2.45, 2.75) is 25.9 Å². The quantitative estimate of drug-likeness (QED) is 0.700. The minimum absolute atomic E-state index is 0.0229. The smallest absolute Gasteiger partial charge is 0.278 e. The Morgan fingerprint density at radius 2 is 1.83 bits per heavy atom. The summed E-state index contributed by atoms with van der Waals surface area (Å²) in [4.78, 5) is 39.3. The summed E-state index contributed by atoms with van der Waals surface area (Å²) in [6.07, 6.45) is 0.755. The maximum absolute atomic E-state index is 13.1. The van der Waals surface area contributed by atoms with E-state index < -0.39 is 11.5 Å². The van der Waals surface area contributed by atoms with Gasteiger partial charge in [0.05, 0.1) is 0 Å². The van der Waals surface area contributed by atoms with Crippen molar-refractivity contribution in [2.24, 2.45) is 0 Å². The van der Waals surface area contributed by atoms with Crippen molar-refractivity contribution in [3.63, 3.8) is 0 Å². The van der Waals surface area contributed by atoms with E-state index in [1.54, 1.807) is 29.2 Å². The topological polar surface area (TPSA) is 84.3 Å². The first kappa shape index (κ1) is 19.8. The highest BCUT2D eigenvalue weighted by molar-refractivity contribution is 6.30. The summed E-state index contributed by atoms with van der Waals surface area (Å²) in [6, 6.07) is 16.9. The Morgan fingerprint density at radius 3 is 2.60 bits per heavy atom. The van der Waals surface area contributed by atoms with Gasteiger partial charge in [0.15, 0.2) is 0 Å². The molecule has 0 bridgehead atoms. The van der Waals surface area contributed by atoms with Gasteiger partial charge in [-0.05, 0) is 55.3 Å². The number of carbonyl (C=O) groups excluding carboxylic acids is 2. The van der Waals surface area contributed by atoms with Crippen LogP contribution in [0.15, 0.2) is 65.5 Å². The summed E-state index contributed by atoms with van der Waals surface area (Å²) >= 11 is 5.84. The van der Waals surface area contributed by atoms with Crippen LogP contribution in [0.1, 0.15) is 23.0 Å². The van der Waals surface area contributed by atoms with Crippen molar-refractivity contribution in [2.75, 3.05) is 10.2 Å². The second kappa shape index (κ2) is 8.12. The van der Waals surface area contributed by atoms with Crippen LogP contribution < -0.4 is 15.8 Å². The first-order valence-corrected chi connectivity index (χ1v) is 9.85. The fourth-order valence-corrected chi connectivity index (χ4v) is 3.67. The van der Waals surface area contributed by atoms with E-state index in [4.69, 9.17) is 11.6 Å². The third-order valence-electron chi connectivity index (χ3n) is 4.93. The largest absolute Gasteiger partial charge is 0.324 e. The highest BCUT2D eigenvalue weighted by Crippen LogP contribution is 2.32. The van der Waals surface area contributed by atoms with Gasteiger partial charge in [0.2, 0.25) is 5.91 Å². The molecule has 0 saturated heterocycles. The molecule has 0 aliphatic carbocycles. The summed E-state index contributed by atoms with van der Waals surface area (Å²) in [5.74, 6) is -0.740. The Morgan fingerprint density at radius 1 is 1.10 bits per heavy atom. The Balaban J connectivity index is 1.54. The van der Waals surface area contributed by atoms with Crippen molar-refractivity contribution in [3.05, 3.63) is 87.3 Å². The molecule has 0 spiro atoms. The Bertz CT molecular complexity index is 1170. The van der Waals surface area contributed by atoms with Crippen LogP contribution in [0, 0.1) is 0 Å². The zero-order valence-electron chi connectivity index (χ0n) is 16.2. The number of aromatic nitrogens is 2. The number of nitrogens with one attached hydrogen (secondary N) is 1. The molecular formula is C22H19ClN4O3. The fourth-order valence-electron chi connectivity index (χ4n) is 3.54. The monoisotopic (exact) mass is 422 g/mol. The van der Waals surface area contributed by atoms with Crippen LogP contribution in [-0.4, -0.2) is 27.6 Å². The number of para-hydroxylation sites is 1. The molecule has 1 aliphatic rings. The fraction of sp³-hybridized carbons (Fsp3) is 0.182. The molecule has 2 amide bonds. The van der Waals surface area contributed by atoms with E-state index in [2.05, 4.69) is 10.4 Å². The molecule has 1 aromatic heterocycles. The molecule has 2 heterocycles. The van der Waals surface area contributed by atoms with Crippen molar-refractivity contribution in [3.8, 4) is 0 Å². The molecule has 152 valence electrons. The van der Waals surface area contributed by atoms with Gasteiger partial charge in [-0.25, -0.2) is 4.68 Å². The number of hydrogen-bond acceptors (Lipinski definition) is 4. The van der Waals surface area contributed by atoms with Crippen molar-refractivity contribution < 1.29 is 9.59 Å². The number of rotatable bonds is 4. The number of carbonyl (C=O) groups is 2. The average Bonchev–Trinajstić information content (AvgIpc) is 3.06. The number of fused-ring (bicyclic) bond motifs is 1. The molecule has 0 fully saturated rings. The van der Waals surface area contributed by atoms with E-state index in [9.17, 15) is 14.4 Å². The minimum Gasteiger partial charge on any atom is -0.324 e. The van der Waals surface area contributed by atoms with Crippen LogP contribution in [0.25, 0.3) is 0 Å². The summed E-state index contributed by atoms with van der Waals surface area (Å²) < 4.78 is 0.991. The first-order valence-electron chi connectivity index (χ1n) is 9.47. The number of benzene rings is 2. The Labute approximate surface area is 177 Å². The number of nitrogens with zero attached hydrogens (tertiary/aromatic N) is 3. The van der Waals surface area contributed by atoms with Gasteiger partial charge in [-0.1, -0.05) is 29.8 Å². The predicted molar refractivity (Wildman–Crippen MR) is 115 cm³/mol. The molecule has 8 heteroatoms. The van der Waals surface area contributed by atoms with Crippen molar-refractivity contribution >= 4 is 34.8 Å². The third kappa shape index (κ3) is 3.97. The first-order chi connectivity index (χ1) is 14.4. The molecule has 1 N–H and O–H groups in total. The molecule has 0 radical (unpaired) electrons. The second-order valence-electron chi connectivity index (χ2n) is 7.13. The van der Waals surface area contributed by atoms with Crippen molar-refractivity contribution in [1.82, 2.24) is 9.78 Å². The summed E-state index contributed by atoms with van der Waals surface area (Å²) in [5, 5.41) is 7.38. The molecule has 4 rings (SSSR count). The van der Waals surface area contributed by atoms with Gasteiger partial charge in [0.1, 0.15) is 12.2 Å². The Hall–Kier alpha value is -3.45. The van der Waals surface area contributed by atoms with Crippen molar-refractivity contribution in [1.29, 1.82) is 0 Å². The average molecular weight is 423 g/mol. The van der Waals surface area contributed by atoms with Gasteiger partial charge in [0.25, 0.3) is 11.5 Å². The highest BCUT2D eigenvalue weighted by Gasteiger charge is 2.32. The molecule has 30 heavy (non-hydrogen) atoms. The standard InChI is InChI=1S/C22H19ClN4O3/c1-14-12-15-4-2-3-5-19(15)27(14)22(30)18-10-11-21(29)26(25-18)13-20(28)24-17-8-6-16(23)7-9-17/h2-11,14H,12-13H2,1H3,(H,24,28). The lowest BCUT2D eigenvalue weighted by molar-refractivity contribution is -0.117. The van der Waals surface area contributed by atoms with E-state index in [1.165, 1.54) is 12.1 Å². The molecule has 1 unspecified atom stereocenters. The lowest BCUT2D eigenvalue weighted by Gasteiger charge is -2.22. The molecule has 1 aliphatic heterocycles. The van der Waals surface area contributed by atoms with Gasteiger partial charge in [-0.3, -0.25) is 14.4 Å². The zero-order chi connectivity index (χ0) is 21.3. The maximum atomic E-state index is 13.1. The Kier molecular flexibility index (Phi) is 5.37. The summed E-state index contributed by atoms with van der Waals surface area (Å²) in [6.45, 7) is 1.65. The maximum Gasteiger partial charge on any atom is 0.278 e. The molecule has 3 aromatic rings. The van der Waals surface area contributed by atoms with Crippen LogP contribution in [0.3, 0.4) is 0 Å². The van der Waals surface area contributed by atoms with E-state index in [1.807, 2.05) is 31.2 Å². The van der Waals surface area contributed by atoms with Crippen LogP contribution in [0.2, 0.25) is 5.02 Å². The third-order valence-corrected chi connectivity index (χ3v) is 5.19. The lowest BCUT2D eigenvalue weighted by atomic mass is 10.1. The molecule has 7 nitrogen and oxygen atoms in total. The molecule has 0 saturated carbocycles. The summed E-state index contributed by atoms with van der Waals surface area (Å²) in [5.41, 5.74) is 2.13. The lowest BCUT2D eigenvalue weighted by Crippen LogP contribution is -2.38. The van der Waals surface area contributed by atoms with E-state index in [0.717, 1.165) is 22.4 Å². The number of hydrogen-bond donors (Lipinski definition) is 1. The minimum atomic E-state index is -0.465. The SMILES string of the molecule is CC1Cc2ccccc2N1C(=O)c1ccc(=O)n(CC(=O)Nc2ccc(Cl)cc2)n1. The van der Waals surface area contributed by atoms with Gasteiger partial charge < -0.3 is 10.2 Å². The number of amides is 2. The molecule has 2 aromatic carbocycles. The van der Waals surface area contributed by atoms with E-state index in [-0.39, 0.29) is 24.2 Å². The van der Waals surface area contributed by atoms with Gasteiger partial charge in [0, 0.05) is 28.5 Å². The van der Waals surface area contributed by atoms with E-state index >= 15 is 0 Å². The van der Waals surface area contributed by atoms with Crippen LogP contribution in [0.4, 0.5) is 11.4 Å². The van der Waals surface area contributed by atoms with E-state index in [0.29, 0.717) is 10.7 Å². The summed E-state index contributed by atoms with van der Waals surface area (Å²) in [7, 11) is 0. The van der Waals surface area contributed by atoms with Crippen LogP contribution in [-0.2, 0) is 17.8 Å². The van der Waals surface area contributed by atoms with Gasteiger partial charge in [-0.2, -0.15) is 5.10 Å². The number of halogens is 1. The predicted octanol–water partition coefficient (Wildman–Crippen LogP) is 3.13. The van der Waals surface area contributed by atoms with Crippen LogP contribution in [0.5, 0.6) is 0 Å². The number of anilines is 2. The van der Waals surface area contributed by atoms with Gasteiger partial charge in [-0.15, -0.1) is 0 Å².